The second-order valence-electron chi connectivity index (χ2n) is 4.18. The largest absolute Gasteiger partial charge is 0.484 e. The van der Waals surface area contributed by atoms with Gasteiger partial charge in [-0.05, 0) is 18.6 Å². The number of rotatable bonds is 6. The maximum absolute atomic E-state index is 10.4. The van der Waals surface area contributed by atoms with Crippen LogP contribution in [0.5, 0.6) is 5.75 Å². The van der Waals surface area contributed by atoms with Gasteiger partial charge >= 0.3 is 5.97 Å². The van der Waals surface area contributed by atoms with Crippen molar-refractivity contribution >= 4 is 5.97 Å². The molecule has 0 unspecified atom stereocenters. The van der Waals surface area contributed by atoms with E-state index in [1.54, 1.807) is 0 Å². The molecule has 0 bridgehead atoms. The molecule has 2 rings (SSSR count). The Morgan fingerprint density at radius 3 is 2.95 bits per heavy atom. The number of aliphatic carboxylic acids is 1. The molecule has 0 aliphatic heterocycles. The van der Waals surface area contributed by atoms with Gasteiger partial charge in [-0.25, -0.2) is 4.98 Å². The van der Waals surface area contributed by atoms with Crippen LogP contribution in [0.2, 0.25) is 0 Å². The van der Waals surface area contributed by atoms with Crippen LogP contribution in [0.1, 0.15) is 23.6 Å². The van der Waals surface area contributed by atoms with Gasteiger partial charge < -0.3 is 14.3 Å². The molecule has 0 fully saturated rings. The Balaban J connectivity index is 1.90. The van der Waals surface area contributed by atoms with Crippen molar-refractivity contribution in [3.8, 4) is 5.75 Å². The van der Waals surface area contributed by atoms with E-state index in [1.807, 2.05) is 31.2 Å². The third-order valence-electron chi connectivity index (χ3n) is 2.64. The van der Waals surface area contributed by atoms with Crippen molar-refractivity contribution in [1.82, 2.24) is 4.98 Å². The molecule has 0 saturated carbocycles. The minimum Gasteiger partial charge on any atom is -0.484 e. The van der Waals surface area contributed by atoms with E-state index in [1.165, 1.54) is 6.26 Å². The second-order valence-corrected chi connectivity index (χ2v) is 4.18. The lowest BCUT2D eigenvalue weighted by molar-refractivity contribution is -0.136. The number of aromatic nitrogens is 1. The SMILES string of the molecule is Cc1ccccc1OCc1nc(CCC(=O)O)co1. The Morgan fingerprint density at radius 2 is 2.21 bits per heavy atom. The lowest BCUT2D eigenvalue weighted by atomic mass is 10.2. The van der Waals surface area contributed by atoms with Gasteiger partial charge in [0.1, 0.15) is 12.0 Å². The van der Waals surface area contributed by atoms with Crippen molar-refractivity contribution < 1.29 is 19.1 Å². The number of aryl methyl sites for hydroxylation is 2. The number of ether oxygens (including phenoxy) is 1. The summed E-state index contributed by atoms with van der Waals surface area (Å²) in [6.07, 6.45) is 1.88. The molecule has 0 amide bonds. The summed E-state index contributed by atoms with van der Waals surface area (Å²) < 4.78 is 10.8. The second kappa shape index (κ2) is 6.04. The molecule has 100 valence electrons. The fourth-order valence-electron chi connectivity index (χ4n) is 1.62. The number of para-hydroxylation sites is 1. The molecule has 0 saturated heterocycles. The first-order chi connectivity index (χ1) is 9.15. The van der Waals surface area contributed by atoms with Gasteiger partial charge in [0.2, 0.25) is 5.89 Å². The number of benzene rings is 1. The van der Waals surface area contributed by atoms with Gasteiger partial charge in [-0.15, -0.1) is 0 Å². The monoisotopic (exact) mass is 261 g/mol. The highest BCUT2D eigenvalue weighted by Gasteiger charge is 2.07. The fraction of sp³-hybridized carbons (Fsp3) is 0.286. The third kappa shape index (κ3) is 3.84. The average molecular weight is 261 g/mol. The normalized spacial score (nSPS) is 10.4. The zero-order valence-electron chi connectivity index (χ0n) is 10.6. The van der Waals surface area contributed by atoms with Crippen LogP contribution in [0, 0.1) is 6.92 Å². The third-order valence-corrected chi connectivity index (χ3v) is 2.64. The quantitative estimate of drug-likeness (QED) is 0.865. The summed E-state index contributed by atoms with van der Waals surface area (Å²) in [4.78, 5) is 14.6. The molecule has 0 radical (unpaired) electrons. The Hall–Kier alpha value is -2.30. The number of carboxylic acid groups (broad SMARTS) is 1. The Morgan fingerprint density at radius 1 is 1.42 bits per heavy atom. The van der Waals surface area contributed by atoms with Crippen LogP contribution in [0.3, 0.4) is 0 Å². The van der Waals surface area contributed by atoms with Gasteiger partial charge in [-0.3, -0.25) is 4.79 Å². The summed E-state index contributed by atoms with van der Waals surface area (Å²) in [6, 6.07) is 7.68. The average Bonchev–Trinajstić information content (AvgIpc) is 2.83. The van der Waals surface area contributed by atoms with Gasteiger partial charge in [0.05, 0.1) is 12.1 Å². The first-order valence-corrected chi connectivity index (χ1v) is 5.98. The van der Waals surface area contributed by atoms with E-state index in [0.717, 1.165) is 11.3 Å². The van der Waals surface area contributed by atoms with Crippen molar-refractivity contribution in [2.24, 2.45) is 0 Å². The number of nitrogens with zero attached hydrogens (tertiary/aromatic N) is 1. The molecule has 0 aliphatic carbocycles. The Kier molecular flexibility index (Phi) is 4.18. The summed E-state index contributed by atoms with van der Waals surface area (Å²) >= 11 is 0. The number of hydrogen-bond donors (Lipinski definition) is 1. The van der Waals surface area contributed by atoms with Crippen LogP contribution in [-0.2, 0) is 17.8 Å². The van der Waals surface area contributed by atoms with Gasteiger partial charge in [-0.1, -0.05) is 18.2 Å². The van der Waals surface area contributed by atoms with Crippen molar-refractivity contribution in [2.75, 3.05) is 0 Å². The van der Waals surface area contributed by atoms with E-state index in [-0.39, 0.29) is 13.0 Å². The molecule has 5 nitrogen and oxygen atoms in total. The summed E-state index contributed by atoms with van der Waals surface area (Å²) in [7, 11) is 0. The smallest absolute Gasteiger partial charge is 0.303 e. The van der Waals surface area contributed by atoms with Crippen LogP contribution in [0.15, 0.2) is 34.9 Å². The van der Waals surface area contributed by atoms with Crippen molar-refractivity contribution in [1.29, 1.82) is 0 Å². The lowest BCUT2D eigenvalue weighted by Gasteiger charge is -2.05. The van der Waals surface area contributed by atoms with Crippen LogP contribution in [0.25, 0.3) is 0 Å². The number of carbonyl (C=O) groups is 1. The fourth-order valence-corrected chi connectivity index (χ4v) is 1.62. The molecule has 1 N–H and O–H groups in total. The van der Waals surface area contributed by atoms with Gasteiger partial charge in [-0.2, -0.15) is 0 Å². The minimum absolute atomic E-state index is 0.0463. The first-order valence-electron chi connectivity index (χ1n) is 5.98. The molecule has 1 aromatic heterocycles. The molecule has 1 aromatic carbocycles. The molecule has 2 aromatic rings. The van der Waals surface area contributed by atoms with E-state index >= 15 is 0 Å². The maximum Gasteiger partial charge on any atom is 0.303 e. The minimum atomic E-state index is -0.847. The van der Waals surface area contributed by atoms with Crippen molar-refractivity contribution in [2.45, 2.75) is 26.4 Å². The topological polar surface area (TPSA) is 72.6 Å². The Labute approximate surface area is 110 Å². The van der Waals surface area contributed by atoms with Gasteiger partial charge in [0.15, 0.2) is 6.61 Å². The van der Waals surface area contributed by atoms with Crippen LogP contribution in [-0.4, -0.2) is 16.1 Å². The first kappa shape index (κ1) is 13.1. The molecule has 1 heterocycles. The predicted octanol–water partition coefficient (Wildman–Crippen LogP) is 2.58. The molecule has 19 heavy (non-hydrogen) atoms. The zero-order valence-corrected chi connectivity index (χ0v) is 10.6. The van der Waals surface area contributed by atoms with Crippen LogP contribution >= 0.6 is 0 Å². The van der Waals surface area contributed by atoms with Crippen LogP contribution < -0.4 is 4.74 Å². The molecule has 5 heteroatoms. The molecule has 0 aliphatic rings. The molecular weight excluding hydrogens is 246 g/mol. The highest BCUT2D eigenvalue weighted by Crippen LogP contribution is 2.17. The zero-order chi connectivity index (χ0) is 13.7. The summed E-state index contributed by atoms with van der Waals surface area (Å²) in [6.45, 7) is 2.20. The molecule has 0 atom stereocenters. The Bertz CT molecular complexity index is 562. The maximum atomic E-state index is 10.4. The van der Waals surface area contributed by atoms with Gasteiger partial charge in [0, 0.05) is 6.42 Å². The number of carboxylic acids is 1. The van der Waals surface area contributed by atoms with Crippen LogP contribution in [0.4, 0.5) is 0 Å². The van der Waals surface area contributed by atoms with Gasteiger partial charge in [0.25, 0.3) is 0 Å². The summed E-state index contributed by atoms with van der Waals surface area (Å²) in [5.74, 6) is 0.386. The summed E-state index contributed by atoms with van der Waals surface area (Å²) in [5.41, 5.74) is 1.67. The molecular formula is C14H15NO4. The van der Waals surface area contributed by atoms with E-state index < -0.39 is 5.97 Å². The highest BCUT2D eigenvalue weighted by molar-refractivity contribution is 5.66. The van der Waals surface area contributed by atoms with Crippen molar-refractivity contribution in [3.63, 3.8) is 0 Å². The lowest BCUT2D eigenvalue weighted by Crippen LogP contribution is -1.99. The van der Waals surface area contributed by atoms with E-state index in [9.17, 15) is 4.79 Å². The predicted molar refractivity (Wildman–Crippen MR) is 68.0 cm³/mol. The van der Waals surface area contributed by atoms with Crippen molar-refractivity contribution in [3.05, 3.63) is 47.7 Å². The number of oxazole rings is 1. The van der Waals surface area contributed by atoms with E-state index in [2.05, 4.69) is 4.98 Å². The standard InChI is InChI=1S/C14H15NO4/c1-10-4-2-3-5-12(10)18-9-13-15-11(8-19-13)6-7-14(16)17/h2-5,8H,6-7,9H2,1H3,(H,16,17). The molecule has 0 spiro atoms. The number of hydrogen-bond acceptors (Lipinski definition) is 4. The van der Waals surface area contributed by atoms with E-state index in [4.69, 9.17) is 14.3 Å². The highest BCUT2D eigenvalue weighted by atomic mass is 16.5. The van der Waals surface area contributed by atoms with E-state index in [0.29, 0.717) is 18.0 Å². The summed E-state index contributed by atoms with van der Waals surface area (Å²) in [5, 5.41) is 8.58.